The highest BCUT2D eigenvalue weighted by atomic mass is 16.5. The summed E-state index contributed by atoms with van der Waals surface area (Å²) in [6, 6.07) is 2.05. The smallest absolute Gasteiger partial charge is 0.122 e. The SMILES string of the molecule is CCNCc1ccoc1CN(C)CCOCC1CC1. The Kier molecular flexibility index (Phi) is 5.89. The van der Waals surface area contributed by atoms with Crippen molar-refractivity contribution in [3.63, 3.8) is 0 Å². The van der Waals surface area contributed by atoms with Gasteiger partial charge in [0.05, 0.1) is 19.4 Å². The fourth-order valence-corrected chi connectivity index (χ4v) is 2.00. The Morgan fingerprint density at radius 2 is 2.32 bits per heavy atom. The summed E-state index contributed by atoms with van der Waals surface area (Å²) in [5, 5.41) is 3.33. The molecule has 0 amide bonds. The number of nitrogens with zero attached hydrogens (tertiary/aromatic N) is 1. The summed E-state index contributed by atoms with van der Waals surface area (Å²) in [5.74, 6) is 1.91. The molecule has 0 saturated heterocycles. The van der Waals surface area contributed by atoms with Gasteiger partial charge in [-0.15, -0.1) is 0 Å². The molecule has 0 aliphatic heterocycles. The van der Waals surface area contributed by atoms with Gasteiger partial charge in [-0.3, -0.25) is 4.90 Å². The van der Waals surface area contributed by atoms with Gasteiger partial charge in [0.1, 0.15) is 5.76 Å². The molecule has 1 aromatic rings. The van der Waals surface area contributed by atoms with E-state index in [2.05, 4.69) is 30.3 Å². The Hall–Kier alpha value is -0.840. The van der Waals surface area contributed by atoms with Crippen molar-refractivity contribution in [3.8, 4) is 0 Å². The predicted molar refractivity (Wildman–Crippen MR) is 76.0 cm³/mol. The molecule has 0 unspecified atom stereocenters. The minimum absolute atomic E-state index is 0.816. The topological polar surface area (TPSA) is 37.6 Å². The summed E-state index contributed by atoms with van der Waals surface area (Å²) in [7, 11) is 2.11. The van der Waals surface area contributed by atoms with E-state index in [0.29, 0.717) is 0 Å². The number of likely N-dealkylation sites (N-methyl/N-ethyl adjacent to an activating group) is 1. The molecule has 1 saturated carbocycles. The first-order valence-corrected chi connectivity index (χ1v) is 7.31. The molecule has 1 aliphatic carbocycles. The Balaban J connectivity index is 1.65. The van der Waals surface area contributed by atoms with E-state index in [1.807, 2.05) is 0 Å². The first kappa shape index (κ1) is 14.6. The predicted octanol–water partition coefficient (Wildman–Crippen LogP) is 2.25. The zero-order valence-electron chi connectivity index (χ0n) is 12.2. The van der Waals surface area contributed by atoms with Gasteiger partial charge in [0.2, 0.25) is 0 Å². The third kappa shape index (κ3) is 5.35. The Bertz CT molecular complexity index is 361. The van der Waals surface area contributed by atoms with Gasteiger partial charge in [-0.2, -0.15) is 0 Å². The molecule has 1 N–H and O–H groups in total. The zero-order chi connectivity index (χ0) is 13.5. The molecule has 1 aliphatic rings. The van der Waals surface area contributed by atoms with Crippen molar-refractivity contribution < 1.29 is 9.15 Å². The van der Waals surface area contributed by atoms with E-state index in [0.717, 1.165) is 51.1 Å². The lowest BCUT2D eigenvalue weighted by Crippen LogP contribution is -2.24. The van der Waals surface area contributed by atoms with Gasteiger partial charge < -0.3 is 14.5 Å². The maximum Gasteiger partial charge on any atom is 0.122 e. The summed E-state index contributed by atoms with van der Waals surface area (Å²) in [4.78, 5) is 2.25. The highest BCUT2D eigenvalue weighted by molar-refractivity contribution is 5.16. The molecule has 2 rings (SSSR count). The Morgan fingerprint density at radius 1 is 1.47 bits per heavy atom. The molecule has 4 heteroatoms. The minimum Gasteiger partial charge on any atom is -0.468 e. The van der Waals surface area contributed by atoms with Gasteiger partial charge in [-0.05, 0) is 38.4 Å². The fourth-order valence-electron chi connectivity index (χ4n) is 2.00. The molecule has 0 radical (unpaired) electrons. The van der Waals surface area contributed by atoms with Crippen LogP contribution in [0.4, 0.5) is 0 Å². The van der Waals surface area contributed by atoms with E-state index in [1.54, 1.807) is 6.26 Å². The highest BCUT2D eigenvalue weighted by Gasteiger charge is 2.21. The highest BCUT2D eigenvalue weighted by Crippen LogP contribution is 2.28. The molecule has 0 spiro atoms. The Morgan fingerprint density at radius 3 is 3.05 bits per heavy atom. The van der Waals surface area contributed by atoms with Crippen LogP contribution in [0.2, 0.25) is 0 Å². The second-order valence-corrected chi connectivity index (χ2v) is 5.41. The van der Waals surface area contributed by atoms with Gasteiger partial charge >= 0.3 is 0 Å². The second-order valence-electron chi connectivity index (χ2n) is 5.41. The van der Waals surface area contributed by atoms with Gasteiger partial charge in [0, 0.05) is 25.3 Å². The van der Waals surface area contributed by atoms with Gasteiger partial charge in [0.15, 0.2) is 0 Å². The summed E-state index contributed by atoms with van der Waals surface area (Å²) < 4.78 is 11.2. The Labute approximate surface area is 116 Å². The molecule has 0 atom stereocenters. The van der Waals surface area contributed by atoms with Crippen LogP contribution in [-0.4, -0.2) is 38.3 Å². The molecule has 1 aromatic heterocycles. The van der Waals surface area contributed by atoms with E-state index < -0.39 is 0 Å². The van der Waals surface area contributed by atoms with Crippen molar-refractivity contribution in [1.29, 1.82) is 0 Å². The van der Waals surface area contributed by atoms with Crippen LogP contribution in [0.5, 0.6) is 0 Å². The van der Waals surface area contributed by atoms with Crippen LogP contribution in [0.15, 0.2) is 16.7 Å². The number of hydrogen-bond acceptors (Lipinski definition) is 4. The van der Waals surface area contributed by atoms with Gasteiger partial charge in [-0.1, -0.05) is 6.92 Å². The first-order valence-electron chi connectivity index (χ1n) is 7.31. The zero-order valence-corrected chi connectivity index (χ0v) is 12.2. The van der Waals surface area contributed by atoms with Crippen molar-refractivity contribution in [3.05, 3.63) is 23.7 Å². The molecule has 4 nitrogen and oxygen atoms in total. The van der Waals surface area contributed by atoms with Crippen LogP contribution < -0.4 is 5.32 Å². The minimum atomic E-state index is 0.816. The first-order chi connectivity index (χ1) is 9.29. The molecule has 19 heavy (non-hydrogen) atoms. The van der Waals surface area contributed by atoms with Crippen LogP contribution >= 0.6 is 0 Å². The van der Waals surface area contributed by atoms with Crippen LogP contribution in [0, 0.1) is 5.92 Å². The van der Waals surface area contributed by atoms with Crippen molar-refractivity contribution in [1.82, 2.24) is 10.2 Å². The lowest BCUT2D eigenvalue weighted by atomic mass is 10.2. The summed E-state index contributed by atoms with van der Waals surface area (Å²) in [5.41, 5.74) is 1.26. The standard InChI is InChI=1S/C15H26N2O2/c1-3-16-10-14-6-8-19-15(14)11-17(2)7-9-18-12-13-4-5-13/h6,8,13,16H,3-5,7,9-12H2,1-2H3. The second kappa shape index (κ2) is 7.68. The van der Waals surface area contributed by atoms with Crippen LogP contribution in [-0.2, 0) is 17.8 Å². The van der Waals surface area contributed by atoms with Crippen LogP contribution in [0.1, 0.15) is 31.1 Å². The summed E-state index contributed by atoms with van der Waals surface area (Å²) >= 11 is 0. The van der Waals surface area contributed by atoms with Crippen molar-refractivity contribution in [2.75, 3.05) is 33.4 Å². The maximum atomic E-state index is 5.66. The van der Waals surface area contributed by atoms with Crippen molar-refractivity contribution >= 4 is 0 Å². The lowest BCUT2D eigenvalue weighted by molar-refractivity contribution is 0.0999. The molecule has 108 valence electrons. The third-order valence-corrected chi connectivity index (χ3v) is 3.48. The van der Waals surface area contributed by atoms with Gasteiger partial charge in [0.25, 0.3) is 0 Å². The van der Waals surface area contributed by atoms with Crippen molar-refractivity contribution in [2.24, 2.45) is 5.92 Å². The summed E-state index contributed by atoms with van der Waals surface area (Å²) in [6.45, 7) is 7.54. The maximum absolute atomic E-state index is 5.66. The van der Waals surface area contributed by atoms with E-state index in [4.69, 9.17) is 9.15 Å². The molecule has 0 bridgehead atoms. The quantitative estimate of drug-likeness (QED) is 0.659. The van der Waals surface area contributed by atoms with E-state index in [1.165, 1.54) is 18.4 Å². The monoisotopic (exact) mass is 266 g/mol. The number of furan rings is 1. The van der Waals surface area contributed by atoms with Gasteiger partial charge in [-0.25, -0.2) is 0 Å². The van der Waals surface area contributed by atoms with E-state index >= 15 is 0 Å². The lowest BCUT2D eigenvalue weighted by Gasteiger charge is -2.16. The molecule has 1 fully saturated rings. The van der Waals surface area contributed by atoms with E-state index in [-0.39, 0.29) is 0 Å². The molecular formula is C15H26N2O2. The van der Waals surface area contributed by atoms with E-state index in [9.17, 15) is 0 Å². The fraction of sp³-hybridized carbons (Fsp3) is 0.733. The molecular weight excluding hydrogens is 240 g/mol. The summed E-state index contributed by atoms with van der Waals surface area (Å²) in [6.07, 6.45) is 4.49. The van der Waals surface area contributed by atoms with Crippen LogP contribution in [0.3, 0.4) is 0 Å². The molecule has 0 aromatic carbocycles. The number of rotatable bonds is 10. The molecule has 1 heterocycles. The largest absolute Gasteiger partial charge is 0.468 e. The third-order valence-electron chi connectivity index (χ3n) is 3.48. The number of nitrogens with one attached hydrogen (secondary N) is 1. The normalized spacial score (nSPS) is 15.3. The van der Waals surface area contributed by atoms with Crippen molar-refractivity contribution in [2.45, 2.75) is 32.9 Å². The van der Waals surface area contributed by atoms with Crippen LogP contribution in [0.25, 0.3) is 0 Å². The number of hydrogen-bond donors (Lipinski definition) is 1. The average Bonchev–Trinajstić information content (AvgIpc) is 3.13. The number of ether oxygens (including phenoxy) is 1. The average molecular weight is 266 g/mol.